The highest BCUT2D eigenvalue weighted by Gasteiger charge is 2.24. The maximum atomic E-state index is 12.8. The highest BCUT2D eigenvalue weighted by Crippen LogP contribution is 2.24. The molecule has 148 valence electrons. The number of nitrogens with zero attached hydrogens (tertiary/aromatic N) is 2. The SMILES string of the molecule is Cc1[nH]c2ccccc2c1C(=O)[C@H](C)OC(=O)CCc1nc(-c2cccs2)no1. The zero-order valence-corrected chi connectivity index (χ0v) is 16.8. The quantitative estimate of drug-likeness (QED) is 0.360. The van der Waals surface area contributed by atoms with E-state index in [1.165, 1.54) is 11.3 Å². The second-order valence-corrected chi connectivity index (χ2v) is 7.60. The van der Waals surface area contributed by atoms with Crippen LogP contribution in [0.2, 0.25) is 0 Å². The van der Waals surface area contributed by atoms with Crippen LogP contribution in [0.5, 0.6) is 0 Å². The molecule has 0 aliphatic carbocycles. The van der Waals surface area contributed by atoms with Crippen molar-refractivity contribution in [2.75, 3.05) is 0 Å². The van der Waals surface area contributed by atoms with Crippen LogP contribution in [0.25, 0.3) is 21.6 Å². The fourth-order valence-electron chi connectivity index (χ4n) is 3.18. The number of hydrogen-bond acceptors (Lipinski definition) is 7. The molecule has 0 spiro atoms. The number of para-hydroxylation sites is 1. The summed E-state index contributed by atoms with van der Waals surface area (Å²) >= 11 is 1.51. The largest absolute Gasteiger partial charge is 0.454 e. The monoisotopic (exact) mass is 409 g/mol. The first-order valence-corrected chi connectivity index (χ1v) is 10.1. The molecular formula is C21H19N3O4S. The number of aromatic amines is 1. The van der Waals surface area contributed by atoms with Gasteiger partial charge in [-0.15, -0.1) is 11.3 Å². The molecule has 3 aromatic heterocycles. The molecule has 0 fully saturated rings. The molecule has 3 heterocycles. The number of rotatable bonds is 7. The van der Waals surface area contributed by atoms with Gasteiger partial charge in [-0.3, -0.25) is 9.59 Å². The van der Waals surface area contributed by atoms with Gasteiger partial charge in [-0.2, -0.15) is 4.98 Å². The number of nitrogens with one attached hydrogen (secondary N) is 1. The molecule has 4 rings (SSSR count). The lowest BCUT2D eigenvalue weighted by Crippen LogP contribution is -2.25. The molecule has 1 atom stereocenters. The Balaban J connectivity index is 1.37. The van der Waals surface area contributed by atoms with Crippen LogP contribution in [0.4, 0.5) is 0 Å². The maximum Gasteiger partial charge on any atom is 0.307 e. The van der Waals surface area contributed by atoms with Crippen molar-refractivity contribution in [3.05, 3.63) is 58.9 Å². The van der Waals surface area contributed by atoms with E-state index in [1.54, 1.807) is 6.92 Å². The summed E-state index contributed by atoms with van der Waals surface area (Å²) in [5, 5.41) is 6.66. The third-order valence-electron chi connectivity index (χ3n) is 4.57. The summed E-state index contributed by atoms with van der Waals surface area (Å²) in [6.45, 7) is 3.42. The van der Waals surface area contributed by atoms with Crippen LogP contribution < -0.4 is 0 Å². The van der Waals surface area contributed by atoms with Gasteiger partial charge in [0, 0.05) is 28.6 Å². The van der Waals surface area contributed by atoms with Crippen LogP contribution in [0, 0.1) is 6.92 Å². The average molecular weight is 409 g/mol. The Kier molecular flexibility index (Phi) is 5.26. The Hall–Kier alpha value is -3.26. The van der Waals surface area contributed by atoms with E-state index in [9.17, 15) is 9.59 Å². The zero-order valence-electron chi connectivity index (χ0n) is 16.0. The number of Topliss-reactive ketones (excluding diaryl/α,β-unsaturated/α-hetero) is 1. The average Bonchev–Trinajstić information content (AvgIpc) is 3.44. The number of fused-ring (bicyclic) bond motifs is 1. The minimum absolute atomic E-state index is 0.0521. The number of carbonyl (C=O) groups is 2. The Morgan fingerprint density at radius 1 is 1.24 bits per heavy atom. The minimum atomic E-state index is -0.884. The third-order valence-corrected chi connectivity index (χ3v) is 5.44. The van der Waals surface area contributed by atoms with Gasteiger partial charge in [0.05, 0.1) is 11.3 Å². The van der Waals surface area contributed by atoms with Crippen LogP contribution >= 0.6 is 11.3 Å². The number of H-pyrrole nitrogens is 1. The smallest absolute Gasteiger partial charge is 0.307 e. The number of benzene rings is 1. The standard InChI is InChI=1S/C21H19N3O4S/c1-12-19(14-6-3-4-7-15(14)22-12)20(26)13(2)27-18(25)10-9-17-23-21(24-28-17)16-8-5-11-29-16/h3-8,11,13,22H,9-10H2,1-2H3/t13-/m0/s1. The van der Waals surface area contributed by atoms with Crippen molar-refractivity contribution in [2.24, 2.45) is 0 Å². The lowest BCUT2D eigenvalue weighted by molar-refractivity contribution is -0.146. The van der Waals surface area contributed by atoms with Crippen molar-refractivity contribution in [3.63, 3.8) is 0 Å². The summed E-state index contributed by atoms with van der Waals surface area (Å²) in [6.07, 6.45) is -0.578. The molecule has 29 heavy (non-hydrogen) atoms. The normalized spacial score (nSPS) is 12.2. The van der Waals surface area contributed by atoms with Crippen molar-refractivity contribution in [3.8, 4) is 10.7 Å². The van der Waals surface area contributed by atoms with Gasteiger partial charge in [0.2, 0.25) is 17.5 Å². The van der Waals surface area contributed by atoms with Crippen LogP contribution in [0.3, 0.4) is 0 Å². The Labute approximate surface area is 170 Å². The number of aryl methyl sites for hydroxylation is 2. The molecule has 0 saturated carbocycles. The molecule has 7 nitrogen and oxygen atoms in total. The third kappa shape index (κ3) is 3.97. The van der Waals surface area contributed by atoms with Gasteiger partial charge >= 0.3 is 5.97 Å². The predicted octanol–water partition coefficient (Wildman–Crippen LogP) is 4.34. The van der Waals surface area contributed by atoms with E-state index < -0.39 is 12.1 Å². The number of carbonyl (C=O) groups excluding carboxylic acids is 2. The van der Waals surface area contributed by atoms with E-state index >= 15 is 0 Å². The molecule has 0 amide bonds. The molecule has 0 aliphatic heterocycles. The summed E-state index contributed by atoms with van der Waals surface area (Å²) < 4.78 is 10.5. The number of aromatic nitrogens is 3. The van der Waals surface area contributed by atoms with E-state index in [0.717, 1.165) is 21.5 Å². The van der Waals surface area contributed by atoms with Crippen molar-refractivity contribution < 1.29 is 18.8 Å². The second-order valence-electron chi connectivity index (χ2n) is 6.66. The number of ketones is 1. The molecule has 8 heteroatoms. The van der Waals surface area contributed by atoms with Gasteiger partial charge in [0.15, 0.2) is 6.10 Å². The molecule has 1 aromatic carbocycles. The molecule has 0 saturated heterocycles. The summed E-state index contributed by atoms with van der Waals surface area (Å²) in [6, 6.07) is 11.4. The maximum absolute atomic E-state index is 12.8. The molecule has 4 aromatic rings. The van der Waals surface area contributed by atoms with E-state index in [-0.39, 0.29) is 18.6 Å². The molecular weight excluding hydrogens is 390 g/mol. The van der Waals surface area contributed by atoms with Crippen molar-refractivity contribution in [1.29, 1.82) is 0 Å². The topological polar surface area (TPSA) is 98.1 Å². The van der Waals surface area contributed by atoms with Crippen LogP contribution in [0.15, 0.2) is 46.3 Å². The van der Waals surface area contributed by atoms with Crippen LogP contribution in [-0.4, -0.2) is 33.0 Å². The first-order valence-electron chi connectivity index (χ1n) is 9.20. The molecule has 0 radical (unpaired) electrons. The lowest BCUT2D eigenvalue weighted by atomic mass is 10.0. The Morgan fingerprint density at radius 3 is 2.86 bits per heavy atom. The molecule has 0 aliphatic rings. The molecule has 1 N–H and O–H groups in total. The predicted molar refractivity (Wildman–Crippen MR) is 109 cm³/mol. The van der Waals surface area contributed by atoms with Gasteiger partial charge in [0.25, 0.3) is 0 Å². The molecule has 0 unspecified atom stereocenters. The van der Waals surface area contributed by atoms with Crippen LogP contribution in [0.1, 0.15) is 35.3 Å². The van der Waals surface area contributed by atoms with Gasteiger partial charge in [-0.25, -0.2) is 0 Å². The number of ether oxygens (including phenoxy) is 1. The first-order chi connectivity index (χ1) is 14.0. The number of esters is 1. The second kappa shape index (κ2) is 8.00. The zero-order chi connectivity index (χ0) is 20.4. The van der Waals surface area contributed by atoms with E-state index in [2.05, 4.69) is 15.1 Å². The van der Waals surface area contributed by atoms with Crippen molar-refractivity contribution in [1.82, 2.24) is 15.1 Å². The number of thiophene rings is 1. The minimum Gasteiger partial charge on any atom is -0.454 e. The van der Waals surface area contributed by atoms with Crippen LogP contribution in [-0.2, 0) is 16.0 Å². The summed E-state index contributed by atoms with van der Waals surface area (Å²) in [5.74, 6) is 0.142. The Morgan fingerprint density at radius 2 is 2.07 bits per heavy atom. The van der Waals surface area contributed by atoms with Gasteiger partial charge in [-0.05, 0) is 31.4 Å². The van der Waals surface area contributed by atoms with Gasteiger partial charge in [-0.1, -0.05) is 29.4 Å². The Bertz CT molecular complexity index is 1160. The number of hydrogen-bond donors (Lipinski definition) is 1. The lowest BCUT2D eigenvalue weighted by Gasteiger charge is -2.12. The van der Waals surface area contributed by atoms with Crippen molar-refractivity contribution in [2.45, 2.75) is 32.8 Å². The first kappa shape index (κ1) is 19.1. The van der Waals surface area contributed by atoms with E-state index in [1.807, 2.05) is 48.7 Å². The fourth-order valence-corrected chi connectivity index (χ4v) is 3.83. The van der Waals surface area contributed by atoms with E-state index in [4.69, 9.17) is 9.26 Å². The molecule has 0 bridgehead atoms. The highest BCUT2D eigenvalue weighted by atomic mass is 32.1. The van der Waals surface area contributed by atoms with E-state index in [0.29, 0.717) is 17.3 Å². The van der Waals surface area contributed by atoms with Gasteiger partial charge in [0.1, 0.15) is 0 Å². The van der Waals surface area contributed by atoms with Crippen molar-refractivity contribution >= 4 is 34.0 Å². The fraction of sp³-hybridized carbons (Fsp3) is 0.238. The highest BCUT2D eigenvalue weighted by molar-refractivity contribution is 7.13. The summed E-state index contributed by atoms with van der Waals surface area (Å²) in [5.41, 5.74) is 2.19. The van der Waals surface area contributed by atoms with Gasteiger partial charge < -0.3 is 14.2 Å². The summed E-state index contributed by atoms with van der Waals surface area (Å²) in [4.78, 5) is 33.4. The summed E-state index contributed by atoms with van der Waals surface area (Å²) in [7, 11) is 0.